The number of likely N-dealkylation sites (tertiary alicyclic amines) is 2. The molecule has 4 aromatic carbocycles. The Hall–Kier alpha value is -7.09. The molecule has 0 unspecified atom stereocenters. The lowest BCUT2D eigenvalue weighted by atomic mass is 9.94. The van der Waals surface area contributed by atoms with Crippen LogP contribution in [-0.2, 0) is 41.8 Å². The summed E-state index contributed by atoms with van der Waals surface area (Å²) in [6.07, 6.45) is 10.4. The summed E-state index contributed by atoms with van der Waals surface area (Å²) in [5.74, 6) is 0.267. The predicted octanol–water partition coefficient (Wildman–Crippen LogP) is 7.01. The number of benzene rings is 4. The summed E-state index contributed by atoms with van der Waals surface area (Å²) >= 11 is 0.852. The van der Waals surface area contributed by atoms with Gasteiger partial charge in [0.25, 0.3) is 11.4 Å². The van der Waals surface area contributed by atoms with Crippen LogP contribution in [0.2, 0.25) is 0 Å². The van der Waals surface area contributed by atoms with Crippen LogP contribution in [0.3, 0.4) is 0 Å². The first-order valence-corrected chi connectivity index (χ1v) is 23.0. The minimum Gasteiger partial charge on any atom is -0.352 e. The van der Waals surface area contributed by atoms with Crippen LogP contribution in [0.1, 0.15) is 60.8 Å². The van der Waals surface area contributed by atoms with Gasteiger partial charge < -0.3 is 30.2 Å². The number of hydrogen-bond donors (Lipinski definition) is 2. The van der Waals surface area contributed by atoms with Crippen LogP contribution in [0, 0.1) is 20.2 Å². The molecule has 18 nitrogen and oxygen atoms in total. The van der Waals surface area contributed by atoms with E-state index in [1.165, 1.54) is 36.4 Å². The van der Waals surface area contributed by atoms with Gasteiger partial charge in [-0.1, -0.05) is 36.0 Å². The highest BCUT2D eigenvalue weighted by molar-refractivity contribution is 7.99. The first kappa shape index (κ1) is 46.4. The van der Waals surface area contributed by atoms with Gasteiger partial charge in [-0.15, -0.1) is 0 Å². The van der Waals surface area contributed by atoms with Crippen LogP contribution in [-0.4, -0.2) is 95.8 Å². The largest absolute Gasteiger partial charge is 0.352 e. The second-order valence-electron chi connectivity index (χ2n) is 16.2. The van der Waals surface area contributed by atoms with Crippen molar-refractivity contribution in [3.8, 4) is 33.8 Å². The van der Waals surface area contributed by atoms with Gasteiger partial charge in [-0.05, 0) is 96.5 Å². The van der Waals surface area contributed by atoms with Crippen LogP contribution in [0.4, 0.5) is 11.4 Å². The molecule has 0 saturated carbocycles. The Morgan fingerprint density at radius 1 is 0.642 bits per heavy atom. The van der Waals surface area contributed by atoms with Gasteiger partial charge in [0, 0.05) is 88.2 Å². The number of nitro groups is 2. The molecule has 0 spiro atoms. The second-order valence-corrected chi connectivity index (χ2v) is 17.3. The Labute approximate surface area is 389 Å². The number of nitro benzene ring substituents is 2. The van der Waals surface area contributed by atoms with E-state index in [0.717, 1.165) is 35.7 Å². The van der Waals surface area contributed by atoms with Crippen LogP contribution in [0.25, 0.3) is 34.4 Å². The van der Waals surface area contributed by atoms with E-state index < -0.39 is 21.7 Å². The fourth-order valence-corrected chi connectivity index (χ4v) is 9.59. The van der Waals surface area contributed by atoms with Crippen LogP contribution >= 0.6 is 11.8 Å². The first-order valence-electron chi connectivity index (χ1n) is 22.2. The van der Waals surface area contributed by atoms with Gasteiger partial charge in [-0.3, -0.25) is 39.4 Å². The standard InChI is InChI=1S/C48H48N6O12S/c55-41(49-21-3-25-51-23-1-5-43(51)57)17-11-31-9-15-39(47(53(59)60)45(31)35-7-13-37-33(29-35)19-27-63-65-37)67-40-16-10-32(12-18-42(56)50-22-4-26-52-24-2-6-44(52)58)46(48(40)54(61)62)36-8-14-38-34(30-36)20-28-64-66-38/h7-18,29-30H,1-6,19-28H2,(H,49,55)(H,50,56). The average molecular weight is 933 g/mol. The van der Waals surface area contributed by atoms with Crippen LogP contribution < -0.4 is 20.4 Å². The highest BCUT2D eigenvalue weighted by Gasteiger charge is 2.31. The van der Waals surface area contributed by atoms with Crippen molar-refractivity contribution in [3.05, 3.63) is 115 Å². The minimum absolute atomic E-state index is 0.0960. The van der Waals surface area contributed by atoms with Crippen molar-refractivity contribution in [3.63, 3.8) is 0 Å². The zero-order chi connectivity index (χ0) is 46.9. The molecule has 0 atom stereocenters. The topological polar surface area (TPSA) is 222 Å². The van der Waals surface area contributed by atoms with Gasteiger partial charge in [-0.2, -0.15) is 9.78 Å². The van der Waals surface area contributed by atoms with E-state index in [1.807, 2.05) is 0 Å². The molecule has 19 heteroatoms. The number of amides is 4. The molecule has 2 fully saturated rings. The van der Waals surface area contributed by atoms with Crippen molar-refractivity contribution >= 4 is 58.9 Å². The second kappa shape index (κ2) is 21.5. The Morgan fingerprint density at radius 2 is 1.09 bits per heavy atom. The molecule has 67 heavy (non-hydrogen) atoms. The normalized spacial score (nSPS) is 15.6. The fourth-order valence-electron chi connectivity index (χ4n) is 8.54. The lowest BCUT2D eigenvalue weighted by molar-refractivity contribution is -0.387. The quantitative estimate of drug-likeness (QED) is 0.0338. The van der Waals surface area contributed by atoms with E-state index in [2.05, 4.69) is 10.6 Å². The van der Waals surface area contributed by atoms with Gasteiger partial charge >= 0.3 is 0 Å². The van der Waals surface area contributed by atoms with Crippen molar-refractivity contribution in [2.75, 3.05) is 52.5 Å². The van der Waals surface area contributed by atoms with Crippen molar-refractivity contribution in [1.29, 1.82) is 0 Å². The van der Waals surface area contributed by atoms with E-state index in [0.29, 0.717) is 112 Å². The number of nitrogens with zero attached hydrogens (tertiary/aromatic N) is 4. The lowest BCUT2D eigenvalue weighted by Gasteiger charge is -2.18. The first-order chi connectivity index (χ1) is 32.5. The number of hydrogen-bond acceptors (Lipinski definition) is 13. The SMILES string of the molecule is O=C(C=Cc1ccc(Sc2ccc(C=CC(=O)NCCCN3CCCC3=O)c(-c3ccc4c(c3)CCOO4)c2[N+](=O)[O-])c([N+](=O)[O-])c1-c1ccc2c(c1)CCOO2)NCCCN1CCCC1=O. The zero-order valence-electron chi connectivity index (χ0n) is 36.5. The molecular weight excluding hydrogens is 885 g/mol. The maximum atomic E-state index is 13.3. The molecule has 0 aromatic heterocycles. The zero-order valence-corrected chi connectivity index (χ0v) is 37.3. The molecule has 2 saturated heterocycles. The molecule has 4 aliphatic rings. The van der Waals surface area contributed by atoms with E-state index in [9.17, 15) is 39.4 Å². The third kappa shape index (κ3) is 11.1. The summed E-state index contributed by atoms with van der Waals surface area (Å²) < 4.78 is 0. The number of carbonyl (C=O) groups is 4. The Balaban J connectivity index is 1.13. The molecule has 8 rings (SSSR count). The van der Waals surface area contributed by atoms with Crippen molar-refractivity contribution in [1.82, 2.24) is 20.4 Å². The summed E-state index contributed by atoms with van der Waals surface area (Å²) in [6.45, 7) is 3.64. The third-order valence-corrected chi connectivity index (χ3v) is 12.9. The maximum absolute atomic E-state index is 13.3. The highest BCUT2D eigenvalue weighted by atomic mass is 32.2. The summed E-state index contributed by atoms with van der Waals surface area (Å²) in [4.78, 5) is 100. The van der Waals surface area contributed by atoms with Crippen LogP contribution in [0.15, 0.2) is 82.6 Å². The van der Waals surface area contributed by atoms with E-state index in [1.54, 1.807) is 58.3 Å². The molecule has 348 valence electrons. The highest BCUT2D eigenvalue weighted by Crippen LogP contribution is 2.49. The van der Waals surface area contributed by atoms with Gasteiger partial charge in [0.15, 0.2) is 11.5 Å². The molecule has 4 aromatic rings. The number of nitrogens with one attached hydrogen (secondary N) is 2. The average Bonchev–Trinajstić information content (AvgIpc) is 3.95. The van der Waals surface area contributed by atoms with Crippen molar-refractivity contribution in [2.45, 2.75) is 61.2 Å². The molecule has 4 heterocycles. The molecule has 0 radical (unpaired) electrons. The lowest BCUT2D eigenvalue weighted by Crippen LogP contribution is -2.29. The van der Waals surface area contributed by atoms with E-state index in [-0.39, 0.29) is 57.3 Å². The molecule has 4 amide bonds. The number of carbonyl (C=O) groups excluding carboxylic acids is 4. The van der Waals surface area contributed by atoms with E-state index >= 15 is 0 Å². The van der Waals surface area contributed by atoms with Crippen molar-refractivity contribution < 1.29 is 48.6 Å². The van der Waals surface area contributed by atoms with Crippen molar-refractivity contribution in [2.24, 2.45) is 0 Å². The smallest absolute Gasteiger partial charge is 0.291 e. The number of rotatable bonds is 18. The molecule has 0 aliphatic carbocycles. The summed E-state index contributed by atoms with van der Waals surface area (Å²) in [5, 5.41) is 32.3. The Kier molecular flexibility index (Phi) is 14.9. The molecule has 0 bridgehead atoms. The summed E-state index contributed by atoms with van der Waals surface area (Å²) in [6, 6.07) is 16.4. The maximum Gasteiger partial charge on any atom is 0.291 e. The number of fused-ring (bicyclic) bond motifs is 2. The van der Waals surface area contributed by atoms with Crippen LogP contribution in [0.5, 0.6) is 11.5 Å². The fraction of sp³-hybridized carbons (Fsp3) is 0.333. The summed E-state index contributed by atoms with van der Waals surface area (Å²) in [7, 11) is 0. The minimum atomic E-state index is -0.537. The predicted molar refractivity (Wildman–Crippen MR) is 247 cm³/mol. The Bertz CT molecular complexity index is 2490. The van der Waals surface area contributed by atoms with Gasteiger partial charge in [0.2, 0.25) is 23.6 Å². The molecular formula is C48H48N6O12S. The molecule has 2 N–H and O–H groups in total. The monoisotopic (exact) mass is 932 g/mol. The van der Waals surface area contributed by atoms with Gasteiger partial charge in [0.1, 0.15) is 0 Å². The van der Waals surface area contributed by atoms with Gasteiger partial charge in [-0.25, -0.2) is 0 Å². The summed E-state index contributed by atoms with van der Waals surface area (Å²) in [5.41, 5.74) is 2.77. The van der Waals surface area contributed by atoms with Gasteiger partial charge in [0.05, 0.1) is 44.0 Å². The van der Waals surface area contributed by atoms with E-state index in [4.69, 9.17) is 19.6 Å². The molecule has 4 aliphatic heterocycles. The third-order valence-electron chi connectivity index (χ3n) is 11.8. The Morgan fingerprint density at radius 3 is 1.49 bits per heavy atom.